The predicted octanol–water partition coefficient (Wildman–Crippen LogP) is 4.28. The molecule has 1 aliphatic carbocycles. The second kappa shape index (κ2) is 5.81. The molecule has 0 aromatic heterocycles. The molecule has 20 heavy (non-hydrogen) atoms. The zero-order valence-electron chi connectivity index (χ0n) is 11.0. The molecule has 1 atom stereocenters. The van der Waals surface area contributed by atoms with E-state index in [1.54, 1.807) is 13.0 Å². The van der Waals surface area contributed by atoms with Crippen molar-refractivity contribution >= 4 is 22.2 Å². The third kappa shape index (κ3) is 2.94. The Morgan fingerprint density at radius 3 is 2.70 bits per heavy atom. The Labute approximate surface area is 118 Å². The second-order valence-corrected chi connectivity index (χ2v) is 5.62. The lowest BCUT2D eigenvalue weighted by Gasteiger charge is -2.17. The minimum Gasteiger partial charge on any atom is -0.302 e. The molecule has 5 heteroatoms. The van der Waals surface area contributed by atoms with Gasteiger partial charge >= 0.3 is 0 Å². The maximum atomic E-state index is 14.1. The van der Waals surface area contributed by atoms with Crippen LogP contribution in [0.15, 0.2) is 35.8 Å². The van der Waals surface area contributed by atoms with Gasteiger partial charge in [0.05, 0.1) is 4.91 Å². The fraction of sp³-hybridized carbons (Fsp3) is 0.200. The molecule has 0 spiro atoms. The van der Waals surface area contributed by atoms with E-state index in [2.05, 4.69) is 6.58 Å². The molecule has 1 aliphatic rings. The number of hydrogen-bond donors (Lipinski definition) is 1. The number of hydrogen-bond acceptors (Lipinski definition) is 1. The highest BCUT2D eigenvalue weighted by molar-refractivity contribution is 7.83. The van der Waals surface area contributed by atoms with E-state index in [1.165, 1.54) is 12.1 Å². The molecular weight excluding hydrogens is 282 g/mol. The van der Waals surface area contributed by atoms with E-state index in [0.717, 1.165) is 6.07 Å². The van der Waals surface area contributed by atoms with Crippen LogP contribution in [0.4, 0.5) is 8.78 Å². The van der Waals surface area contributed by atoms with E-state index in [1.807, 2.05) is 0 Å². The predicted molar refractivity (Wildman–Crippen MR) is 77.1 cm³/mol. The summed E-state index contributed by atoms with van der Waals surface area (Å²) in [6.07, 6.45) is 4.20. The van der Waals surface area contributed by atoms with Gasteiger partial charge < -0.3 is 4.55 Å². The van der Waals surface area contributed by atoms with Crippen molar-refractivity contribution < 1.29 is 17.5 Å². The van der Waals surface area contributed by atoms with Crippen LogP contribution in [0, 0.1) is 11.6 Å². The lowest BCUT2D eigenvalue weighted by molar-refractivity contribution is 0.571. The fourth-order valence-corrected chi connectivity index (χ4v) is 2.73. The van der Waals surface area contributed by atoms with Crippen molar-refractivity contribution in [3.05, 3.63) is 58.5 Å². The van der Waals surface area contributed by atoms with Gasteiger partial charge in [0.25, 0.3) is 0 Å². The molecule has 0 amide bonds. The lowest BCUT2D eigenvalue weighted by atomic mass is 9.90. The highest BCUT2D eigenvalue weighted by Gasteiger charge is 2.19. The van der Waals surface area contributed by atoms with Gasteiger partial charge in [0, 0.05) is 11.6 Å². The van der Waals surface area contributed by atoms with E-state index in [0.29, 0.717) is 29.6 Å². The van der Waals surface area contributed by atoms with Crippen LogP contribution >= 0.6 is 0 Å². The van der Waals surface area contributed by atoms with Gasteiger partial charge in [-0.25, -0.2) is 13.0 Å². The molecule has 0 bridgehead atoms. The minimum atomic E-state index is -2.11. The number of allylic oxidation sites excluding steroid dienone is 4. The van der Waals surface area contributed by atoms with Gasteiger partial charge in [0.1, 0.15) is 11.6 Å². The number of halogens is 2. The molecule has 1 unspecified atom stereocenters. The van der Waals surface area contributed by atoms with E-state index in [-0.39, 0.29) is 10.5 Å². The fourth-order valence-electron chi connectivity index (χ4n) is 2.23. The van der Waals surface area contributed by atoms with Gasteiger partial charge in [-0.15, -0.1) is 0 Å². The van der Waals surface area contributed by atoms with Crippen LogP contribution in [-0.2, 0) is 11.1 Å². The van der Waals surface area contributed by atoms with Gasteiger partial charge in [0.2, 0.25) is 0 Å². The SMILES string of the molecule is C=C(C)c1cc(F)cc(F)c1C1=CC(S(=O)O)=CCC1. The van der Waals surface area contributed by atoms with Crippen molar-refractivity contribution in [3.63, 3.8) is 0 Å². The molecule has 1 N–H and O–H groups in total. The maximum Gasteiger partial charge on any atom is 0.186 e. The van der Waals surface area contributed by atoms with E-state index in [9.17, 15) is 13.0 Å². The third-order valence-electron chi connectivity index (χ3n) is 3.11. The molecule has 0 saturated heterocycles. The first-order chi connectivity index (χ1) is 9.40. The molecule has 0 saturated carbocycles. The van der Waals surface area contributed by atoms with Gasteiger partial charge in [-0.3, -0.25) is 0 Å². The molecule has 0 fully saturated rings. The van der Waals surface area contributed by atoms with Crippen LogP contribution in [0.5, 0.6) is 0 Å². The zero-order chi connectivity index (χ0) is 14.9. The Kier molecular flexibility index (Phi) is 4.30. The largest absolute Gasteiger partial charge is 0.302 e. The second-order valence-electron chi connectivity index (χ2n) is 4.65. The quantitative estimate of drug-likeness (QED) is 0.845. The van der Waals surface area contributed by atoms with Crippen molar-refractivity contribution in [2.45, 2.75) is 19.8 Å². The van der Waals surface area contributed by atoms with Crippen LogP contribution in [0.2, 0.25) is 0 Å². The Morgan fingerprint density at radius 1 is 1.40 bits per heavy atom. The van der Waals surface area contributed by atoms with Gasteiger partial charge in [-0.05, 0) is 43.0 Å². The number of benzene rings is 1. The van der Waals surface area contributed by atoms with Gasteiger partial charge in [-0.1, -0.05) is 18.2 Å². The average Bonchev–Trinajstić information content (AvgIpc) is 2.37. The Balaban J connectivity index is 2.61. The van der Waals surface area contributed by atoms with Crippen LogP contribution in [0.1, 0.15) is 30.9 Å². The minimum absolute atomic E-state index is 0.239. The Hall–Kier alpha value is -1.59. The van der Waals surface area contributed by atoms with Crippen molar-refractivity contribution in [3.8, 4) is 0 Å². The van der Waals surface area contributed by atoms with E-state index < -0.39 is 22.7 Å². The van der Waals surface area contributed by atoms with E-state index >= 15 is 0 Å². The standard InChI is InChI=1S/C15H14F2O2S/c1-9(2)13-7-11(16)8-14(17)15(13)10-4-3-5-12(6-10)20(18)19/h5-8H,1,3-4H2,2H3,(H,18,19). The Morgan fingerprint density at radius 2 is 2.10 bits per heavy atom. The summed E-state index contributed by atoms with van der Waals surface area (Å²) in [7, 11) is 0. The highest BCUT2D eigenvalue weighted by atomic mass is 32.2. The first kappa shape index (κ1) is 14.8. The monoisotopic (exact) mass is 296 g/mol. The topological polar surface area (TPSA) is 37.3 Å². The molecule has 2 rings (SSSR count). The average molecular weight is 296 g/mol. The molecule has 106 valence electrons. The van der Waals surface area contributed by atoms with Crippen LogP contribution in [0.3, 0.4) is 0 Å². The van der Waals surface area contributed by atoms with E-state index in [4.69, 9.17) is 4.55 Å². The summed E-state index contributed by atoms with van der Waals surface area (Å²) in [6.45, 7) is 5.40. The summed E-state index contributed by atoms with van der Waals surface area (Å²) in [5.41, 5.74) is 1.77. The van der Waals surface area contributed by atoms with Crippen LogP contribution in [-0.4, -0.2) is 8.76 Å². The molecule has 1 aromatic rings. The summed E-state index contributed by atoms with van der Waals surface area (Å²) in [4.78, 5) is 0.239. The highest BCUT2D eigenvalue weighted by Crippen LogP contribution is 2.34. The molecular formula is C15H14F2O2S. The third-order valence-corrected chi connectivity index (χ3v) is 3.80. The molecule has 2 nitrogen and oxygen atoms in total. The first-order valence-electron chi connectivity index (χ1n) is 6.07. The summed E-state index contributed by atoms with van der Waals surface area (Å²) < 4.78 is 47.7. The van der Waals surface area contributed by atoms with Crippen molar-refractivity contribution in [2.75, 3.05) is 0 Å². The summed E-state index contributed by atoms with van der Waals surface area (Å²) >= 11 is -2.11. The zero-order valence-corrected chi connectivity index (χ0v) is 11.8. The maximum absolute atomic E-state index is 14.1. The van der Waals surface area contributed by atoms with Crippen molar-refractivity contribution in [1.29, 1.82) is 0 Å². The van der Waals surface area contributed by atoms with Crippen LogP contribution in [0.25, 0.3) is 11.1 Å². The van der Waals surface area contributed by atoms with Gasteiger partial charge in [0.15, 0.2) is 11.1 Å². The lowest BCUT2D eigenvalue weighted by Crippen LogP contribution is -2.03. The summed E-state index contributed by atoms with van der Waals surface area (Å²) in [5.74, 6) is -1.35. The van der Waals surface area contributed by atoms with Gasteiger partial charge in [-0.2, -0.15) is 0 Å². The van der Waals surface area contributed by atoms with Crippen molar-refractivity contribution in [2.24, 2.45) is 0 Å². The molecule has 0 heterocycles. The molecule has 0 aliphatic heterocycles. The smallest absolute Gasteiger partial charge is 0.186 e. The van der Waals surface area contributed by atoms with Crippen LogP contribution < -0.4 is 0 Å². The normalized spacial score (nSPS) is 16.4. The molecule has 0 radical (unpaired) electrons. The summed E-state index contributed by atoms with van der Waals surface area (Å²) in [6, 6.07) is 2.05. The molecule has 1 aromatic carbocycles. The Bertz CT molecular complexity index is 660. The summed E-state index contributed by atoms with van der Waals surface area (Å²) in [5, 5.41) is 0. The van der Waals surface area contributed by atoms with Crippen molar-refractivity contribution in [1.82, 2.24) is 0 Å². The first-order valence-corrected chi connectivity index (χ1v) is 7.17. The number of rotatable bonds is 3.